The molecule has 5 heteroatoms. The summed E-state index contributed by atoms with van der Waals surface area (Å²) in [6.45, 7) is 4.27. The predicted molar refractivity (Wildman–Crippen MR) is 103 cm³/mol. The Morgan fingerprint density at radius 1 is 1.08 bits per heavy atom. The van der Waals surface area contributed by atoms with Crippen molar-refractivity contribution in [3.05, 3.63) is 64.7 Å². The Labute approximate surface area is 157 Å². The molecule has 1 aromatic heterocycles. The fourth-order valence-corrected chi connectivity index (χ4v) is 3.43. The van der Waals surface area contributed by atoms with Crippen LogP contribution in [-0.4, -0.2) is 36.2 Å². The molecule has 0 unspecified atom stereocenters. The molecule has 2 heterocycles. The first kappa shape index (κ1) is 17.0. The first-order valence-electron chi connectivity index (χ1n) is 8.63. The molecule has 3 aromatic rings. The molecular formula is C21H18ClN3O. The average molecular weight is 364 g/mol. The maximum Gasteiger partial charge on any atom is 0.0991 e. The summed E-state index contributed by atoms with van der Waals surface area (Å²) in [5, 5.41) is 10.8. The second kappa shape index (κ2) is 7.43. The Bertz CT molecular complexity index is 973. The number of aromatic nitrogens is 1. The summed E-state index contributed by atoms with van der Waals surface area (Å²) in [5.41, 5.74) is 4.66. The number of fused-ring (bicyclic) bond motifs is 1. The van der Waals surface area contributed by atoms with Gasteiger partial charge in [0.2, 0.25) is 0 Å². The molecule has 0 saturated carbocycles. The van der Waals surface area contributed by atoms with Crippen molar-refractivity contribution in [3.8, 4) is 17.3 Å². The number of morpholine rings is 1. The van der Waals surface area contributed by atoms with Gasteiger partial charge in [-0.3, -0.25) is 4.90 Å². The molecule has 1 aliphatic rings. The van der Waals surface area contributed by atoms with Gasteiger partial charge in [-0.1, -0.05) is 29.8 Å². The van der Waals surface area contributed by atoms with Crippen LogP contribution in [0.3, 0.4) is 0 Å². The van der Waals surface area contributed by atoms with Gasteiger partial charge < -0.3 is 4.74 Å². The second-order valence-electron chi connectivity index (χ2n) is 6.41. The van der Waals surface area contributed by atoms with Crippen LogP contribution in [-0.2, 0) is 11.3 Å². The van der Waals surface area contributed by atoms with Crippen molar-refractivity contribution in [2.45, 2.75) is 6.54 Å². The van der Waals surface area contributed by atoms with E-state index in [-0.39, 0.29) is 0 Å². The minimum atomic E-state index is 0.645. The zero-order chi connectivity index (χ0) is 17.9. The van der Waals surface area contributed by atoms with E-state index in [0.717, 1.165) is 55.0 Å². The quantitative estimate of drug-likeness (QED) is 0.697. The van der Waals surface area contributed by atoms with Crippen molar-refractivity contribution in [2.75, 3.05) is 26.3 Å². The average Bonchev–Trinajstić information content (AvgIpc) is 2.68. The summed E-state index contributed by atoms with van der Waals surface area (Å²) in [6.07, 6.45) is 0. The van der Waals surface area contributed by atoms with Crippen LogP contribution in [0.4, 0.5) is 0 Å². The van der Waals surface area contributed by atoms with Gasteiger partial charge in [0, 0.05) is 35.6 Å². The monoisotopic (exact) mass is 363 g/mol. The Balaban J connectivity index is 1.78. The number of nitrogens with zero attached hydrogens (tertiary/aromatic N) is 3. The molecule has 4 nitrogen and oxygen atoms in total. The minimum Gasteiger partial charge on any atom is -0.379 e. The van der Waals surface area contributed by atoms with Crippen LogP contribution in [0.15, 0.2) is 48.5 Å². The minimum absolute atomic E-state index is 0.645. The lowest BCUT2D eigenvalue weighted by Gasteiger charge is -2.27. The fraction of sp³-hybridized carbons (Fsp3) is 0.238. The summed E-state index contributed by atoms with van der Waals surface area (Å²) in [7, 11) is 0. The van der Waals surface area contributed by atoms with Gasteiger partial charge in [0.25, 0.3) is 0 Å². The Kier molecular flexibility index (Phi) is 4.85. The number of pyridine rings is 1. The highest BCUT2D eigenvalue weighted by Gasteiger charge is 2.14. The second-order valence-corrected chi connectivity index (χ2v) is 6.84. The Morgan fingerprint density at radius 3 is 2.58 bits per heavy atom. The topological polar surface area (TPSA) is 49.2 Å². The highest BCUT2D eigenvalue weighted by molar-refractivity contribution is 6.31. The van der Waals surface area contributed by atoms with E-state index < -0.39 is 0 Å². The predicted octanol–water partition coefficient (Wildman–Crippen LogP) is 4.26. The summed E-state index contributed by atoms with van der Waals surface area (Å²) >= 11 is 6.20. The van der Waals surface area contributed by atoms with Crippen LogP contribution in [0.2, 0.25) is 5.02 Å². The lowest BCUT2D eigenvalue weighted by molar-refractivity contribution is 0.0344. The normalized spacial score (nSPS) is 15.1. The van der Waals surface area contributed by atoms with E-state index in [0.29, 0.717) is 10.6 Å². The summed E-state index contributed by atoms with van der Waals surface area (Å²) in [6, 6.07) is 17.7. The van der Waals surface area contributed by atoms with Gasteiger partial charge in [-0.25, -0.2) is 4.98 Å². The lowest BCUT2D eigenvalue weighted by Crippen LogP contribution is -2.35. The van der Waals surface area contributed by atoms with Crippen LogP contribution in [0.25, 0.3) is 22.2 Å². The van der Waals surface area contributed by atoms with E-state index in [4.69, 9.17) is 26.6 Å². The van der Waals surface area contributed by atoms with Crippen LogP contribution >= 0.6 is 11.6 Å². The lowest BCUT2D eigenvalue weighted by atomic mass is 10.0. The Morgan fingerprint density at radius 2 is 1.85 bits per heavy atom. The zero-order valence-electron chi connectivity index (χ0n) is 14.3. The van der Waals surface area contributed by atoms with E-state index in [1.54, 1.807) is 0 Å². The molecule has 4 rings (SSSR count). The van der Waals surface area contributed by atoms with Crippen LogP contribution < -0.4 is 0 Å². The maximum atomic E-state index is 9.00. The molecule has 2 aromatic carbocycles. The third kappa shape index (κ3) is 3.56. The number of hydrogen-bond donors (Lipinski definition) is 0. The number of halogens is 1. The van der Waals surface area contributed by atoms with Gasteiger partial charge in [-0.05, 0) is 35.9 Å². The molecule has 0 spiro atoms. The van der Waals surface area contributed by atoms with Crippen LogP contribution in [0.1, 0.15) is 11.1 Å². The van der Waals surface area contributed by atoms with Crippen molar-refractivity contribution < 1.29 is 4.74 Å². The molecule has 1 saturated heterocycles. The molecule has 130 valence electrons. The SMILES string of the molecule is N#Cc1ccc(-c2cc(CN3CCOCC3)c3ccc(Cl)cc3n2)cc1. The van der Waals surface area contributed by atoms with Gasteiger partial charge in [0.1, 0.15) is 0 Å². The molecule has 0 radical (unpaired) electrons. The highest BCUT2D eigenvalue weighted by Crippen LogP contribution is 2.28. The third-order valence-electron chi connectivity index (χ3n) is 4.67. The molecule has 1 fully saturated rings. The summed E-state index contributed by atoms with van der Waals surface area (Å²) in [5.74, 6) is 0. The summed E-state index contributed by atoms with van der Waals surface area (Å²) < 4.78 is 5.46. The summed E-state index contributed by atoms with van der Waals surface area (Å²) in [4.78, 5) is 7.20. The molecule has 0 atom stereocenters. The van der Waals surface area contributed by atoms with Crippen molar-refractivity contribution in [1.29, 1.82) is 5.26 Å². The molecule has 0 amide bonds. The molecular weight excluding hydrogens is 346 g/mol. The fourth-order valence-electron chi connectivity index (χ4n) is 3.27. The number of nitriles is 1. The number of rotatable bonds is 3. The first-order chi connectivity index (χ1) is 12.7. The molecule has 0 N–H and O–H groups in total. The third-order valence-corrected chi connectivity index (χ3v) is 4.90. The van der Waals surface area contributed by atoms with Gasteiger partial charge in [-0.15, -0.1) is 0 Å². The number of benzene rings is 2. The largest absolute Gasteiger partial charge is 0.379 e. The standard InChI is InChI=1S/C21H18ClN3O/c22-18-5-6-19-17(14-25-7-9-26-10-8-25)11-20(24-21(19)12-18)16-3-1-15(13-23)2-4-16/h1-6,11-12H,7-10,14H2. The van der Waals surface area contributed by atoms with Crippen molar-refractivity contribution >= 4 is 22.5 Å². The van der Waals surface area contributed by atoms with Gasteiger partial charge in [0.15, 0.2) is 0 Å². The van der Waals surface area contributed by atoms with E-state index >= 15 is 0 Å². The highest BCUT2D eigenvalue weighted by atomic mass is 35.5. The number of ether oxygens (including phenoxy) is 1. The molecule has 0 aliphatic carbocycles. The molecule has 0 bridgehead atoms. The van der Waals surface area contributed by atoms with Gasteiger partial charge in [-0.2, -0.15) is 5.26 Å². The van der Waals surface area contributed by atoms with E-state index in [2.05, 4.69) is 17.0 Å². The van der Waals surface area contributed by atoms with Crippen LogP contribution in [0, 0.1) is 11.3 Å². The van der Waals surface area contributed by atoms with Gasteiger partial charge >= 0.3 is 0 Å². The smallest absolute Gasteiger partial charge is 0.0991 e. The van der Waals surface area contributed by atoms with Gasteiger partial charge in [0.05, 0.1) is 36.1 Å². The van der Waals surface area contributed by atoms with Crippen molar-refractivity contribution in [1.82, 2.24) is 9.88 Å². The van der Waals surface area contributed by atoms with E-state index in [9.17, 15) is 0 Å². The Hall–Kier alpha value is -2.45. The number of hydrogen-bond acceptors (Lipinski definition) is 4. The van der Waals surface area contributed by atoms with E-state index in [1.807, 2.05) is 42.5 Å². The molecule has 1 aliphatic heterocycles. The van der Waals surface area contributed by atoms with E-state index in [1.165, 1.54) is 5.56 Å². The molecule has 26 heavy (non-hydrogen) atoms. The van der Waals surface area contributed by atoms with Crippen molar-refractivity contribution in [3.63, 3.8) is 0 Å². The van der Waals surface area contributed by atoms with Crippen LogP contribution in [0.5, 0.6) is 0 Å². The van der Waals surface area contributed by atoms with Crippen molar-refractivity contribution in [2.24, 2.45) is 0 Å². The zero-order valence-corrected chi connectivity index (χ0v) is 15.0. The maximum absolute atomic E-state index is 9.00. The first-order valence-corrected chi connectivity index (χ1v) is 9.00.